The number of aryl methyl sites for hydroxylation is 1. The number of benzene rings is 1. The van der Waals surface area contributed by atoms with Crippen LogP contribution in [0.15, 0.2) is 18.2 Å². The van der Waals surface area contributed by atoms with E-state index in [-0.39, 0.29) is 17.6 Å². The normalized spacial score (nSPS) is 20.5. The van der Waals surface area contributed by atoms with E-state index in [1.165, 1.54) is 0 Å². The number of carbonyl (C=O) groups excluding carboxylic acids is 1. The molecule has 7 heteroatoms. The van der Waals surface area contributed by atoms with Crippen molar-refractivity contribution in [2.45, 2.75) is 52.2 Å². The zero-order valence-electron chi connectivity index (χ0n) is 17.2. The third-order valence-corrected chi connectivity index (χ3v) is 5.59. The van der Waals surface area contributed by atoms with Gasteiger partial charge in [-0.3, -0.25) is 0 Å². The topological polar surface area (TPSA) is 76.6 Å². The Morgan fingerprint density at radius 2 is 2.04 bits per heavy atom. The second-order valence-corrected chi connectivity index (χ2v) is 8.94. The third-order valence-electron chi connectivity index (χ3n) is 5.59. The van der Waals surface area contributed by atoms with Crippen molar-refractivity contribution >= 4 is 22.9 Å². The molecule has 1 amide bonds. The maximum Gasteiger partial charge on any atom is 0.410 e. The predicted octanol–water partition coefficient (Wildman–Crippen LogP) is 3.76. The molecule has 1 atom stereocenters. The molecular formula is C21H28N4O3. The fourth-order valence-corrected chi connectivity index (χ4v) is 3.91. The molecule has 2 fully saturated rings. The summed E-state index contributed by atoms with van der Waals surface area (Å²) in [5, 5.41) is 4.48. The number of carbonyl (C=O) groups is 1. The lowest BCUT2D eigenvalue weighted by Crippen LogP contribution is -2.36. The van der Waals surface area contributed by atoms with E-state index in [1.807, 2.05) is 50.8 Å². The van der Waals surface area contributed by atoms with Crippen molar-refractivity contribution in [2.24, 2.45) is 5.41 Å². The first-order valence-corrected chi connectivity index (χ1v) is 9.76. The summed E-state index contributed by atoms with van der Waals surface area (Å²) >= 11 is 0. The van der Waals surface area contributed by atoms with Gasteiger partial charge in [-0.25, -0.2) is 14.8 Å². The summed E-state index contributed by atoms with van der Waals surface area (Å²) in [7, 11) is 1.65. The van der Waals surface area contributed by atoms with Crippen LogP contribution in [0.2, 0.25) is 0 Å². The van der Waals surface area contributed by atoms with Gasteiger partial charge >= 0.3 is 6.09 Å². The van der Waals surface area contributed by atoms with Gasteiger partial charge in [0.05, 0.1) is 24.4 Å². The molecule has 0 bridgehead atoms. The van der Waals surface area contributed by atoms with Gasteiger partial charge in [0.1, 0.15) is 11.4 Å². The van der Waals surface area contributed by atoms with Gasteiger partial charge in [0.15, 0.2) is 0 Å². The number of nitrogens with zero attached hydrogens (tertiary/aromatic N) is 3. The van der Waals surface area contributed by atoms with Crippen LogP contribution in [-0.4, -0.2) is 52.8 Å². The van der Waals surface area contributed by atoms with Crippen molar-refractivity contribution in [1.29, 1.82) is 0 Å². The molecule has 1 N–H and O–H groups in total. The number of rotatable bonds is 3. The summed E-state index contributed by atoms with van der Waals surface area (Å²) in [4.78, 5) is 23.6. The smallest absolute Gasteiger partial charge is 0.410 e. The number of hydrogen-bond acceptors (Lipinski definition) is 6. The van der Waals surface area contributed by atoms with Crippen LogP contribution in [0.25, 0.3) is 10.9 Å². The Bertz CT molecular complexity index is 918. The van der Waals surface area contributed by atoms with Gasteiger partial charge in [0, 0.05) is 23.9 Å². The van der Waals surface area contributed by atoms with Crippen molar-refractivity contribution in [3.8, 4) is 5.75 Å². The number of fused-ring (bicyclic) bond motifs is 1. The first-order valence-electron chi connectivity index (χ1n) is 9.76. The van der Waals surface area contributed by atoms with E-state index in [4.69, 9.17) is 9.47 Å². The number of methoxy groups -OCH3 is 1. The van der Waals surface area contributed by atoms with Gasteiger partial charge in [-0.15, -0.1) is 0 Å². The molecule has 2 aliphatic rings. The van der Waals surface area contributed by atoms with Crippen LogP contribution < -0.4 is 10.1 Å². The number of anilines is 1. The van der Waals surface area contributed by atoms with Gasteiger partial charge in [-0.2, -0.15) is 0 Å². The van der Waals surface area contributed by atoms with E-state index >= 15 is 0 Å². The molecule has 150 valence electrons. The molecule has 1 saturated carbocycles. The number of ether oxygens (including phenoxy) is 2. The SMILES string of the molecule is COc1ccc2nc(N[C@@H]3CN(C(=O)OC(C)(C)C)CC34CC4)nc(C)c2c1. The molecule has 1 aliphatic carbocycles. The summed E-state index contributed by atoms with van der Waals surface area (Å²) in [6, 6.07) is 5.94. The van der Waals surface area contributed by atoms with Gasteiger partial charge < -0.3 is 19.7 Å². The van der Waals surface area contributed by atoms with E-state index in [1.54, 1.807) is 7.11 Å². The van der Waals surface area contributed by atoms with Crippen LogP contribution in [-0.2, 0) is 4.74 Å². The summed E-state index contributed by atoms with van der Waals surface area (Å²) < 4.78 is 10.9. The first kappa shape index (κ1) is 18.8. The molecule has 2 heterocycles. The van der Waals surface area contributed by atoms with E-state index < -0.39 is 5.60 Å². The standard InChI is InChI=1S/C21H28N4O3/c1-13-15-10-14(27-5)6-7-16(15)23-18(22-13)24-17-11-25(12-21(17)8-9-21)19(26)28-20(2,3)4/h6-7,10,17H,8-9,11-12H2,1-5H3,(H,22,23,24)/t17-/m1/s1. The summed E-state index contributed by atoms with van der Waals surface area (Å²) in [6.07, 6.45) is 1.97. The maximum absolute atomic E-state index is 12.5. The summed E-state index contributed by atoms with van der Waals surface area (Å²) in [5.74, 6) is 1.40. The first-order chi connectivity index (χ1) is 13.2. The summed E-state index contributed by atoms with van der Waals surface area (Å²) in [5.41, 5.74) is 1.41. The van der Waals surface area contributed by atoms with E-state index in [2.05, 4.69) is 15.3 Å². The Morgan fingerprint density at radius 1 is 1.29 bits per heavy atom. The average molecular weight is 384 g/mol. The molecule has 0 radical (unpaired) electrons. The second kappa shape index (κ2) is 6.50. The molecule has 2 aromatic rings. The van der Waals surface area contributed by atoms with Crippen LogP contribution >= 0.6 is 0 Å². The Kier molecular flexibility index (Phi) is 4.36. The highest BCUT2D eigenvalue weighted by atomic mass is 16.6. The molecule has 1 aliphatic heterocycles. The van der Waals surface area contributed by atoms with Crippen molar-refractivity contribution in [3.63, 3.8) is 0 Å². The maximum atomic E-state index is 12.5. The quantitative estimate of drug-likeness (QED) is 0.868. The Balaban J connectivity index is 1.53. The largest absolute Gasteiger partial charge is 0.497 e. The fourth-order valence-electron chi connectivity index (χ4n) is 3.91. The van der Waals surface area contributed by atoms with Crippen LogP contribution in [0.3, 0.4) is 0 Å². The van der Waals surface area contributed by atoms with Crippen molar-refractivity contribution < 1.29 is 14.3 Å². The van der Waals surface area contributed by atoms with Crippen molar-refractivity contribution in [3.05, 3.63) is 23.9 Å². The van der Waals surface area contributed by atoms with Crippen LogP contribution in [0, 0.1) is 12.3 Å². The molecule has 28 heavy (non-hydrogen) atoms. The molecule has 7 nitrogen and oxygen atoms in total. The molecule has 1 saturated heterocycles. The molecule has 1 spiro atoms. The lowest BCUT2D eigenvalue weighted by molar-refractivity contribution is 0.0285. The minimum Gasteiger partial charge on any atom is -0.497 e. The van der Waals surface area contributed by atoms with Crippen molar-refractivity contribution in [2.75, 3.05) is 25.5 Å². The molecule has 0 unspecified atom stereocenters. The number of nitrogens with one attached hydrogen (secondary N) is 1. The minimum atomic E-state index is -0.487. The van der Waals surface area contributed by atoms with Gasteiger partial charge in [-0.05, 0) is 58.7 Å². The number of likely N-dealkylation sites (tertiary alicyclic amines) is 1. The van der Waals surface area contributed by atoms with Crippen LogP contribution in [0.5, 0.6) is 5.75 Å². The van der Waals surface area contributed by atoms with Crippen LogP contribution in [0.1, 0.15) is 39.3 Å². The van der Waals surface area contributed by atoms with E-state index in [9.17, 15) is 4.79 Å². The van der Waals surface area contributed by atoms with Crippen molar-refractivity contribution in [1.82, 2.24) is 14.9 Å². The fraction of sp³-hybridized carbons (Fsp3) is 0.571. The molecule has 4 rings (SSSR count). The Hall–Kier alpha value is -2.57. The molecule has 1 aromatic heterocycles. The lowest BCUT2D eigenvalue weighted by atomic mass is 10.0. The number of amides is 1. The van der Waals surface area contributed by atoms with Crippen LogP contribution in [0.4, 0.5) is 10.7 Å². The highest BCUT2D eigenvalue weighted by Crippen LogP contribution is 2.53. The highest BCUT2D eigenvalue weighted by molar-refractivity contribution is 5.83. The monoisotopic (exact) mass is 384 g/mol. The zero-order valence-corrected chi connectivity index (χ0v) is 17.2. The zero-order chi connectivity index (χ0) is 20.1. The minimum absolute atomic E-state index is 0.114. The lowest BCUT2D eigenvalue weighted by Gasteiger charge is -2.24. The Labute approximate surface area is 165 Å². The highest BCUT2D eigenvalue weighted by Gasteiger charge is 2.56. The predicted molar refractivity (Wildman–Crippen MR) is 108 cm³/mol. The second-order valence-electron chi connectivity index (χ2n) is 8.94. The molecular weight excluding hydrogens is 356 g/mol. The average Bonchev–Trinajstić information content (AvgIpc) is 3.30. The van der Waals surface area contributed by atoms with Gasteiger partial charge in [0.2, 0.25) is 5.95 Å². The molecule has 1 aromatic carbocycles. The number of hydrogen-bond donors (Lipinski definition) is 1. The van der Waals surface area contributed by atoms with Gasteiger partial charge in [-0.1, -0.05) is 0 Å². The number of aromatic nitrogens is 2. The van der Waals surface area contributed by atoms with E-state index in [0.29, 0.717) is 12.5 Å². The van der Waals surface area contributed by atoms with Gasteiger partial charge in [0.25, 0.3) is 0 Å². The Morgan fingerprint density at radius 3 is 2.68 bits per heavy atom. The summed E-state index contributed by atoms with van der Waals surface area (Å²) in [6.45, 7) is 8.99. The van der Waals surface area contributed by atoms with E-state index in [0.717, 1.165) is 41.7 Å². The third kappa shape index (κ3) is 3.57.